The van der Waals surface area contributed by atoms with Crippen LogP contribution >= 0.6 is 15.9 Å². The fourth-order valence-corrected chi connectivity index (χ4v) is 3.14. The Hall–Kier alpha value is -2.28. The summed E-state index contributed by atoms with van der Waals surface area (Å²) in [6, 6.07) is 7.65. The van der Waals surface area contributed by atoms with Crippen molar-refractivity contribution in [2.45, 2.75) is 5.54 Å². The molecule has 2 aliphatic rings. The van der Waals surface area contributed by atoms with Crippen molar-refractivity contribution in [2.75, 3.05) is 13.7 Å². The third kappa shape index (κ3) is 1.78. The number of hydrogen-bond donors (Lipinski definition) is 1. The minimum absolute atomic E-state index is 0.154. The second-order valence-corrected chi connectivity index (χ2v) is 5.99. The average molecular weight is 362 g/mol. The Morgan fingerprint density at radius 2 is 2.18 bits per heavy atom. The predicted octanol–water partition coefficient (Wildman–Crippen LogP) is 2.55. The minimum Gasteiger partial charge on any atom is -0.497 e. The van der Waals surface area contributed by atoms with Crippen LogP contribution in [-0.4, -0.2) is 24.7 Å². The molecular weight excluding hydrogens is 350 g/mol. The molecular formula is C15H12BrN3O3. The lowest BCUT2D eigenvalue weighted by Crippen LogP contribution is -2.31. The van der Waals surface area contributed by atoms with Crippen molar-refractivity contribution in [1.82, 2.24) is 4.98 Å². The fraction of sp³-hybridized carbons (Fsp3) is 0.200. The van der Waals surface area contributed by atoms with Gasteiger partial charge in [-0.25, -0.2) is 9.98 Å². The summed E-state index contributed by atoms with van der Waals surface area (Å²) in [6.07, 6.45) is 1.68. The molecule has 1 spiro atoms. The van der Waals surface area contributed by atoms with Crippen molar-refractivity contribution >= 4 is 22.0 Å². The van der Waals surface area contributed by atoms with E-state index in [9.17, 15) is 0 Å². The molecule has 0 aliphatic carbocycles. The highest BCUT2D eigenvalue weighted by molar-refractivity contribution is 9.10. The molecule has 112 valence electrons. The van der Waals surface area contributed by atoms with Crippen molar-refractivity contribution in [3.8, 4) is 17.4 Å². The molecule has 0 fully saturated rings. The molecule has 3 heterocycles. The van der Waals surface area contributed by atoms with Crippen LogP contribution in [0.4, 0.5) is 0 Å². The summed E-state index contributed by atoms with van der Waals surface area (Å²) in [7, 11) is 1.62. The lowest BCUT2D eigenvalue weighted by atomic mass is 9.82. The Labute approximate surface area is 135 Å². The van der Waals surface area contributed by atoms with Gasteiger partial charge in [-0.2, -0.15) is 0 Å². The number of benzene rings is 1. The summed E-state index contributed by atoms with van der Waals surface area (Å²) < 4.78 is 17.5. The van der Waals surface area contributed by atoms with Crippen LogP contribution in [0.3, 0.4) is 0 Å². The van der Waals surface area contributed by atoms with Crippen molar-refractivity contribution in [3.05, 3.63) is 46.1 Å². The van der Waals surface area contributed by atoms with Gasteiger partial charge < -0.3 is 19.9 Å². The van der Waals surface area contributed by atoms with Crippen LogP contribution in [0.25, 0.3) is 0 Å². The number of nitrogens with two attached hydrogens (primary N) is 1. The SMILES string of the molecule is COc1ccc2c(c1)C1(COC(N)=N1)c1cc(Br)cnc1O2. The molecule has 2 aliphatic heterocycles. The first-order valence-electron chi connectivity index (χ1n) is 6.63. The van der Waals surface area contributed by atoms with E-state index < -0.39 is 5.54 Å². The summed E-state index contributed by atoms with van der Waals surface area (Å²) in [4.78, 5) is 8.89. The summed E-state index contributed by atoms with van der Waals surface area (Å²) in [5.74, 6) is 1.89. The van der Waals surface area contributed by atoms with Gasteiger partial charge in [0.2, 0.25) is 5.88 Å². The van der Waals surface area contributed by atoms with Crippen LogP contribution in [0.2, 0.25) is 0 Å². The van der Waals surface area contributed by atoms with E-state index in [-0.39, 0.29) is 6.02 Å². The molecule has 0 bridgehead atoms. The predicted molar refractivity (Wildman–Crippen MR) is 83.4 cm³/mol. The van der Waals surface area contributed by atoms with Gasteiger partial charge in [0, 0.05) is 16.2 Å². The van der Waals surface area contributed by atoms with Crippen molar-refractivity contribution in [2.24, 2.45) is 10.7 Å². The number of nitrogens with zero attached hydrogens (tertiary/aromatic N) is 2. The molecule has 0 saturated heterocycles. The van der Waals surface area contributed by atoms with Gasteiger partial charge in [-0.1, -0.05) is 0 Å². The van der Waals surface area contributed by atoms with E-state index in [1.54, 1.807) is 13.3 Å². The molecule has 1 aromatic heterocycles. The second kappa shape index (κ2) is 4.61. The van der Waals surface area contributed by atoms with Crippen LogP contribution in [-0.2, 0) is 10.3 Å². The third-order valence-electron chi connectivity index (χ3n) is 3.83. The minimum atomic E-state index is -0.766. The van der Waals surface area contributed by atoms with Gasteiger partial charge in [0.05, 0.1) is 12.7 Å². The first kappa shape index (κ1) is 13.4. The molecule has 0 saturated carbocycles. The monoisotopic (exact) mass is 361 g/mol. The maximum Gasteiger partial charge on any atom is 0.283 e. The van der Waals surface area contributed by atoms with Crippen LogP contribution < -0.4 is 15.2 Å². The number of amidine groups is 1. The van der Waals surface area contributed by atoms with Gasteiger partial charge in [-0.05, 0) is 40.2 Å². The van der Waals surface area contributed by atoms with Crippen LogP contribution in [0.5, 0.6) is 17.4 Å². The van der Waals surface area contributed by atoms with E-state index in [2.05, 4.69) is 25.9 Å². The molecule has 7 heteroatoms. The third-order valence-corrected chi connectivity index (χ3v) is 4.27. The van der Waals surface area contributed by atoms with E-state index in [0.717, 1.165) is 15.6 Å². The highest BCUT2D eigenvalue weighted by Crippen LogP contribution is 2.51. The zero-order chi connectivity index (χ0) is 15.3. The lowest BCUT2D eigenvalue weighted by Gasteiger charge is -2.32. The summed E-state index contributed by atoms with van der Waals surface area (Å²) in [6.45, 7) is 0.299. The molecule has 1 atom stereocenters. The molecule has 1 aromatic carbocycles. The van der Waals surface area contributed by atoms with E-state index in [1.807, 2.05) is 24.3 Å². The maximum atomic E-state index is 5.90. The molecule has 22 heavy (non-hydrogen) atoms. The summed E-state index contributed by atoms with van der Waals surface area (Å²) in [5.41, 5.74) is 6.68. The van der Waals surface area contributed by atoms with Crippen molar-refractivity contribution in [3.63, 3.8) is 0 Å². The zero-order valence-electron chi connectivity index (χ0n) is 11.7. The number of pyridine rings is 1. The van der Waals surface area contributed by atoms with Gasteiger partial charge >= 0.3 is 0 Å². The van der Waals surface area contributed by atoms with E-state index in [1.165, 1.54) is 0 Å². The first-order valence-corrected chi connectivity index (χ1v) is 7.42. The van der Waals surface area contributed by atoms with Crippen LogP contribution in [0, 0.1) is 0 Å². The number of methoxy groups -OCH3 is 1. The van der Waals surface area contributed by atoms with E-state index >= 15 is 0 Å². The summed E-state index contributed by atoms with van der Waals surface area (Å²) in [5, 5.41) is 0. The molecule has 2 aromatic rings. The highest BCUT2D eigenvalue weighted by Gasteiger charge is 2.47. The molecule has 0 radical (unpaired) electrons. The maximum absolute atomic E-state index is 5.90. The van der Waals surface area contributed by atoms with Crippen LogP contribution in [0.15, 0.2) is 39.9 Å². The molecule has 2 N–H and O–H groups in total. The fourth-order valence-electron chi connectivity index (χ4n) is 2.81. The smallest absolute Gasteiger partial charge is 0.283 e. The standard InChI is InChI=1S/C15H12BrN3O3/c1-20-9-2-3-12-10(5-9)15(7-21-14(17)19-15)11-4-8(16)6-18-13(11)22-12/h2-6H,7H2,1H3,(H2,17,19). The number of halogens is 1. The van der Waals surface area contributed by atoms with Crippen molar-refractivity contribution < 1.29 is 14.2 Å². The molecule has 4 rings (SSSR count). The number of fused-ring (bicyclic) bond motifs is 4. The quantitative estimate of drug-likeness (QED) is 0.844. The Kier molecular flexibility index (Phi) is 2.80. The van der Waals surface area contributed by atoms with Crippen molar-refractivity contribution in [1.29, 1.82) is 0 Å². The first-order chi connectivity index (χ1) is 10.6. The summed E-state index contributed by atoms with van der Waals surface area (Å²) >= 11 is 3.44. The largest absolute Gasteiger partial charge is 0.497 e. The Morgan fingerprint density at radius 3 is 2.91 bits per heavy atom. The topological polar surface area (TPSA) is 79.0 Å². The van der Waals surface area contributed by atoms with Gasteiger partial charge in [0.15, 0.2) is 5.54 Å². The Balaban J connectivity index is 2.02. The van der Waals surface area contributed by atoms with Crippen LogP contribution in [0.1, 0.15) is 11.1 Å². The zero-order valence-corrected chi connectivity index (χ0v) is 13.3. The van der Waals surface area contributed by atoms with E-state index in [4.69, 9.17) is 19.9 Å². The Bertz CT molecular complexity index is 809. The second-order valence-electron chi connectivity index (χ2n) is 5.07. The molecule has 1 unspecified atom stereocenters. The number of aromatic nitrogens is 1. The highest BCUT2D eigenvalue weighted by atomic mass is 79.9. The van der Waals surface area contributed by atoms with Gasteiger partial charge in [-0.3, -0.25) is 0 Å². The average Bonchev–Trinajstić information content (AvgIpc) is 2.91. The van der Waals surface area contributed by atoms with Gasteiger partial charge in [0.25, 0.3) is 6.02 Å². The van der Waals surface area contributed by atoms with Gasteiger partial charge in [0.1, 0.15) is 18.1 Å². The van der Waals surface area contributed by atoms with E-state index in [0.29, 0.717) is 24.0 Å². The van der Waals surface area contributed by atoms with Gasteiger partial charge in [-0.15, -0.1) is 0 Å². The molecule has 0 amide bonds. The number of rotatable bonds is 1. The lowest BCUT2D eigenvalue weighted by molar-refractivity contribution is 0.261. The number of ether oxygens (including phenoxy) is 3. The number of aliphatic imine (C=N–C) groups is 1. The molecule has 6 nitrogen and oxygen atoms in total. The Morgan fingerprint density at radius 1 is 1.32 bits per heavy atom. The number of hydrogen-bond acceptors (Lipinski definition) is 6. The normalized spacial score (nSPS) is 21.5.